The molecule has 138 valence electrons. The number of nitrogens with zero attached hydrogens (tertiary/aromatic N) is 2. The zero-order chi connectivity index (χ0) is 18.7. The normalized spacial score (nSPS) is 16.0. The Morgan fingerprint density at radius 1 is 1.46 bits per heavy atom. The standard InChI is InChI=1S/C19H21FN2O3S/c1-22(9-8-12-6-7-15(20)17(10-12)25-2)19(23)14-11-26-18-13(14)4-3-5-16(18)21-24/h6-7,10-11,16H,3-5,8-9H2,1-2H3. The maximum Gasteiger partial charge on any atom is 0.254 e. The molecule has 1 unspecified atom stereocenters. The molecule has 1 aliphatic rings. The van der Waals surface area contributed by atoms with Crippen LogP contribution >= 0.6 is 11.3 Å². The van der Waals surface area contributed by atoms with Crippen molar-refractivity contribution in [1.29, 1.82) is 0 Å². The van der Waals surface area contributed by atoms with Crippen LogP contribution in [0.4, 0.5) is 4.39 Å². The number of carbonyl (C=O) groups is 1. The first-order valence-corrected chi connectivity index (χ1v) is 9.43. The number of halogens is 1. The van der Waals surface area contributed by atoms with Gasteiger partial charge in [-0.05, 0) is 48.9 Å². The van der Waals surface area contributed by atoms with E-state index in [0.717, 1.165) is 35.3 Å². The van der Waals surface area contributed by atoms with Gasteiger partial charge in [0.2, 0.25) is 0 Å². The molecule has 1 aliphatic carbocycles. The van der Waals surface area contributed by atoms with Crippen LogP contribution in [0.2, 0.25) is 0 Å². The van der Waals surface area contributed by atoms with Crippen LogP contribution in [-0.2, 0) is 12.8 Å². The summed E-state index contributed by atoms with van der Waals surface area (Å²) in [6.45, 7) is 0.508. The molecular formula is C19H21FN2O3S. The minimum absolute atomic E-state index is 0.0527. The fourth-order valence-corrected chi connectivity index (χ4v) is 4.44. The second kappa shape index (κ2) is 7.95. The Hall–Kier alpha value is -2.28. The second-order valence-corrected chi connectivity index (χ2v) is 7.36. The van der Waals surface area contributed by atoms with Crippen molar-refractivity contribution in [3.05, 3.63) is 55.9 Å². The molecule has 0 saturated heterocycles. The second-order valence-electron chi connectivity index (χ2n) is 6.45. The van der Waals surface area contributed by atoms with Crippen molar-refractivity contribution in [2.24, 2.45) is 5.18 Å². The van der Waals surface area contributed by atoms with E-state index in [9.17, 15) is 14.1 Å². The van der Waals surface area contributed by atoms with Crippen LogP contribution in [-0.4, -0.2) is 31.5 Å². The van der Waals surface area contributed by atoms with Crippen molar-refractivity contribution in [3.63, 3.8) is 0 Å². The smallest absolute Gasteiger partial charge is 0.254 e. The molecule has 26 heavy (non-hydrogen) atoms. The Bertz CT molecular complexity index is 821. The lowest BCUT2D eigenvalue weighted by Gasteiger charge is -2.20. The highest BCUT2D eigenvalue weighted by Gasteiger charge is 2.28. The Morgan fingerprint density at radius 3 is 3.00 bits per heavy atom. The lowest BCUT2D eigenvalue weighted by molar-refractivity contribution is 0.0796. The van der Waals surface area contributed by atoms with Crippen LogP contribution in [0, 0.1) is 10.7 Å². The first-order chi connectivity index (χ1) is 12.5. The van der Waals surface area contributed by atoms with Crippen molar-refractivity contribution in [2.75, 3.05) is 20.7 Å². The van der Waals surface area contributed by atoms with Gasteiger partial charge in [-0.1, -0.05) is 11.2 Å². The van der Waals surface area contributed by atoms with Crippen LogP contribution in [0.25, 0.3) is 0 Å². The summed E-state index contributed by atoms with van der Waals surface area (Å²) in [5.41, 5.74) is 2.56. The third-order valence-corrected chi connectivity index (χ3v) is 5.92. The van der Waals surface area contributed by atoms with E-state index in [1.807, 2.05) is 5.38 Å². The zero-order valence-electron chi connectivity index (χ0n) is 14.8. The van der Waals surface area contributed by atoms with Gasteiger partial charge in [0.05, 0.1) is 12.7 Å². The van der Waals surface area contributed by atoms with Crippen molar-refractivity contribution >= 4 is 17.2 Å². The first-order valence-electron chi connectivity index (χ1n) is 8.55. The molecular weight excluding hydrogens is 355 g/mol. The van der Waals surface area contributed by atoms with E-state index in [1.165, 1.54) is 24.5 Å². The number of amides is 1. The predicted octanol–water partition coefficient (Wildman–Crippen LogP) is 4.35. The predicted molar refractivity (Wildman–Crippen MR) is 99.4 cm³/mol. The summed E-state index contributed by atoms with van der Waals surface area (Å²) in [7, 11) is 3.18. The van der Waals surface area contributed by atoms with Gasteiger partial charge < -0.3 is 9.64 Å². The van der Waals surface area contributed by atoms with E-state index in [4.69, 9.17) is 4.74 Å². The number of nitroso groups, excluding NO2 is 1. The molecule has 0 radical (unpaired) electrons. The molecule has 0 saturated carbocycles. The van der Waals surface area contributed by atoms with E-state index in [0.29, 0.717) is 18.5 Å². The fraction of sp³-hybridized carbons (Fsp3) is 0.421. The van der Waals surface area contributed by atoms with E-state index in [2.05, 4.69) is 5.18 Å². The van der Waals surface area contributed by atoms with E-state index in [1.54, 1.807) is 24.1 Å². The van der Waals surface area contributed by atoms with Crippen LogP contribution in [0.1, 0.15) is 45.2 Å². The number of carbonyl (C=O) groups excluding carboxylic acids is 1. The molecule has 1 aromatic carbocycles. The van der Waals surface area contributed by atoms with Gasteiger partial charge in [-0.15, -0.1) is 11.3 Å². The summed E-state index contributed by atoms with van der Waals surface area (Å²) in [4.78, 5) is 26.4. The molecule has 1 amide bonds. The molecule has 0 N–H and O–H groups in total. The monoisotopic (exact) mass is 376 g/mol. The molecule has 3 rings (SSSR count). The largest absolute Gasteiger partial charge is 0.494 e. The molecule has 0 bridgehead atoms. The Balaban J connectivity index is 1.69. The van der Waals surface area contributed by atoms with Gasteiger partial charge in [0.1, 0.15) is 6.04 Å². The van der Waals surface area contributed by atoms with Gasteiger partial charge in [-0.3, -0.25) is 4.79 Å². The lowest BCUT2D eigenvalue weighted by atomic mass is 9.92. The molecule has 1 atom stereocenters. The topological polar surface area (TPSA) is 59.0 Å². The van der Waals surface area contributed by atoms with Crippen LogP contribution in [0.5, 0.6) is 5.75 Å². The molecule has 7 heteroatoms. The summed E-state index contributed by atoms with van der Waals surface area (Å²) in [6, 6.07) is 4.41. The number of thiophene rings is 1. The van der Waals surface area contributed by atoms with Crippen molar-refractivity contribution in [1.82, 2.24) is 4.90 Å². The molecule has 0 aliphatic heterocycles. The maximum atomic E-state index is 13.5. The maximum absolute atomic E-state index is 13.5. The van der Waals surface area contributed by atoms with Gasteiger partial charge in [0, 0.05) is 23.8 Å². The highest BCUT2D eigenvalue weighted by molar-refractivity contribution is 7.10. The van der Waals surface area contributed by atoms with E-state index in [-0.39, 0.29) is 17.7 Å². The van der Waals surface area contributed by atoms with Gasteiger partial charge in [0.15, 0.2) is 11.6 Å². The van der Waals surface area contributed by atoms with Gasteiger partial charge in [-0.2, -0.15) is 4.91 Å². The van der Waals surface area contributed by atoms with Crippen LogP contribution in [0.3, 0.4) is 0 Å². The number of fused-ring (bicyclic) bond motifs is 1. The Labute approximate surface area is 155 Å². The average molecular weight is 376 g/mol. The zero-order valence-corrected chi connectivity index (χ0v) is 15.6. The van der Waals surface area contributed by atoms with Crippen molar-refractivity contribution in [2.45, 2.75) is 31.7 Å². The van der Waals surface area contributed by atoms with E-state index < -0.39 is 5.82 Å². The quantitative estimate of drug-likeness (QED) is 0.704. The third-order valence-electron chi connectivity index (χ3n) is 4.79. The van der Waals surface area contributed by atoms with Crippen molar-refractivity contribution < 1.29 is 13.9 Å². The third kappa shape index (κ3) is 3.62. The Kier molecular flexibility index (Phi) is 5.66. The highest BCUT2D eigenvalue weighted by Crippen LogP contribution is 2.39. The fourth-order valence-electron chi connectivity index (χ4n) is 3.28. The summed E-state index contributed by atoms with van der Waals surface area (Å²) in [5.74, 6) is -0.247. The number of methoxy groups -OCH3 is 1. The van der Waals surface area contributed by atoms with Gasteiger partial charge in [-0.25, -0.2) is 4.39 Å². The molecule has 5 nitrogen and oxygen atoms in total. The molecule has 2 aromatic rings. The number of likely N-dealkylation sites (N-methyl/N-ethyl adjacent to an activating group) is 1. The number of rotatable bonds is 6. The number of benzene rings is 1. The average Bonchev–Trinajstić information content (AvgIpc) is 3.10. The molecule has 0 fully saturated rings. The van der Waals surface area contributed by atoms with E-state index >= 15 is 0 Å². The SMILES string of the molecule is COc1cc(CCN(C)C(=O)c2csc3c2CCCC3N=O)ccc1F. The van der Waals surface area contributed by atoms with Crippen molar-refractivity contribution in [3.8, 4) is 5.75 Å². The lowest BCUT2D eigenvalue weighted by Crippen LogP contribution is -2.29. The van der Waals surface area contributed by atoms with Gasteiger partial charge in [0.25, 0.3) is 5.91 Å². The number of ether oxygens (including phenoxy) is 1. The van der Waals surface area contributed by atoms with Gasteiger partial charge >= 0.3 is 0 Å². The summed E-state index contributed by atoms with van der Waals surface area (Å²) < 4.78 is 18.5. The molecule has 0 spiro atoms. The first kappa shape index (κ1) is 18.5. The Morgan fingerprint density at radius 2 is 2.27 bits per heavy atom. The summed E-state index contributed by atoms with van der Waals surface area (Å²) in [6.07, 6.45) is 3.05. The number of hydrogen-bond donors (Lipinski definition) is 0. The summed E-state index contributed by atoms with van der Waals surface area (Å²) >= 11 is 1.45. The minimum atomic E-state index is -0.399. The van der Waals surface area contributed by atoms with Crippen LogP contribution < -0.4 is 4.74 Å². The summed E-state index contributed by atoms with van der Waals surface area (Å²) in [5, 5.41) is 5.04. The van der Waals surface area contributed by atoms with Crippen LogP contribution in [0.15, 0.2) is 28.8 Å². The minimum Gasteiger partial charge on any atom is -0.494 e. The highest BCUT2D eigenvalue weighted by atomic mass is 32.1. The number of hydrogen-bond acceptors (Lipinski definition) is 5. The molecule has 1 heterocycles. The molecule has 1 aromatic heterocycles.